The second-order valence-electron chi connectivity index (χ2n) is 10.4. The SMILES string of the molecule is Cc1cccc(N2CCN(C(=O)[C@@H]3c4ccccc4C(=O)N(CC(C)C)[C@H]3c3cccs3)CC2)c1C. The number of rotatable bonds is 5. The Morgan fingerprint density at radius 2 is 1.72 bits per heavy atom. The van der Waals surface area contributed by atoms with Crippen molar-refractivity contribution in [3.63, 3.8) is 0 Å². The summed E-state index contributed by atoms with van der Waals surface area (Å²) in [6.07, 6.45) is 0. The third-order valence-electron chi connectivity index (χ3n) is 7.61. The second kappa shape index (κ2) is 10.1. The van der Waals surface area contributed by atoms with Crippen LogP contribution in [0.5, 0.6) is 0 Å². The normalized spacial score (nSPS) is 20.1. The fourth-order valence-electron chi connectivity index (χ4n) is 5.67. The number of anilines is 1. The van der Waals surface area contributed by atoms with Gasteiger partial charge in [-0.25, -0.2) is 0 Å². The van der Waals surface area contributed by atoms with Gasteiger partial charge in [0.1, 0.15) is 0 Å². The number of carbonyl (C=O) groups excluding carboxylic acids is 2. The van der Waals surface area contributed by atoms with E-state index < -0.39 is 5.92 Å². The van der Waals surface area contributed by atoms with Crippen molar-refractivity contribution < 1.29 is 9.59 Å². The van der Waals surface area contributed by atoms with Crippen LogP contribution < -0.4 is 4.90 Å². The molecule has 1 saturated heterocycles. The van der Waals surface area contributed by atoms with Gasteiger partial charge < -0.3 is 14.7 Å². The summed E-state index contributed by atoms with van der Waals surface area (Å²) in [5, 5.41) is 2.04. The predicted molar refractivity (Wildman–Crippen MR) is 147 cm³/mol. The molecule has 5 rings (SSSR count). The van der Waals surface area contributed by atoms with E-state index in [1.165, 1.54) is 16.8 Å². The molecule has 3 aromatic rings. The quantitative estimate of drug-likeness (QED) is 0.454. The highest BCUT2D eigenvalue weighted by molar-refractivity contribution is 7.10. The smallest absolute Gasteiger partial charge is 0.254 e. The Morgan fingerprint density at radius 1 is 0.972 bits per heavy atom. The van der Waals surface area contributed by atoms with Gasteiger partial charge in [0.15, 0.2) is 0 Å². The predicted octanol–water partition coefficient (Wildman–Crippen LogP) is 5.65. The number of aryl methyl sites for hydroxylation is 1. The van der Waals surface area contributed by atoms with Crippen molar-refractivity contribution in [2.45, 2.75) is 39.7 Å². The third kappa shape index (κ3) is 4.43. The number of hydrogen-bond donors (Lipinski definition) is 0. The van der Waals surface area contributed by atoms with Crippen molar-refractivity contribution in [1.82, 2.24) is 9.80 Å². The number of thiophene rings is 1. The van der Waals surface area contributed by atoms with Gasteiger partial charge in [-0.3, -0.25) is 9.59 Å². The monoisotopic (exact) mass is 501 g/mol. The maximum Gasteiger partial charge on any atom is 0.254 e. The molecular formula is C30H35N3O2S. The number of nitrogens with zero attached hydrogens (tertiary/aromatic N) is 3. The molecule has 1 aromatic heterocycles. The summed E-state index contributed by atoms with van der Waals surface area (Å²) in [6.45, 7) is 12.2. The molecule has 0 N–H and O–H groups in total. The molecule has 2 atom stereocenters. The third-order valence-corrected chi connectivity index (χ3v) is 8.55. The van der Waals surface area contributed by atoms with E-state index in [2.05, 4.69) is 56.9 Å². The van der Waals surface area contributed by atoms with Crippen LogP contribution in [0.2, 0.25) is 0 Å². The standard InChI is InChI=1S/C30H35N3O2S/c1-20(2)19-33-28(26-13-8-18-36-26)27(23-10-5-6-11-24(23)29(33)34)30(35)32-16-14-31(15-17-32)25-12-7-9-21(3)22(25)4/h5-13,18,20,27-28H,14-17,19H2,1-4H3/t27-,28+/m1/s1. The van der Waals surface area contributed by atoms with Gasteiger partial charge in [0.2, 0.25) is 5.91 Å². The number of benzene rings is 2. The van der Waals surface area contributed by atoms with Crippen LogP contribution in [0.4, 0.5) is 5.69 Å². The summed E-state index contributed by atoms with van der Waals surface area (Å²) in [5.41, 5.74) is 5.38. The summed E-state index contributed by atoms with van der Waals surface area (Å²) in [7, 11) is 0. The molecule has 1 fully saturated rings. The van der Waals surface area contributed by atoms with Crippen LogP contribution in [0.1, 0.15) is 57.7 Å². The van der Waals surface area contributed by atoms with Crippen molar-refractivity contribution in [1.29, 1.82) is 0 Å². The molecular weight excluding hydrogens is 466 g/mol. The highest BCUT2D eigenvalue weighted by atomic mass is 32.1. The second-order valence-corrected chi connectivity index (χ2v) is 11.4. The maximum atomic E-state index is 14.3. The van der Waals surface area contributed by atoms with E-state index in [9.17, 15) is 9.59 Å². The van der Waals surface area contributed by atoms with Gasteiger partial charge in [0.25, 0.3) is 5.91 Å². The van der Waals surface area contributed by atoms with E-state index >= 15 is 0 Å². The molecule has 2 amide bonds. The summed E-state index contributed by atoms with van der Waals surface area (Å²) >= 11 is 1.63. The van der Waals surface area contributed by atoms with E-state index in [1.54, 1.807) is 11.3 Å². The molecule has 5 nitrogen and oxygen atoms in total. The first-order valence-electron chi connectivity index (χ1n) is 12.9. The van der Waals surface area contributed by atoms with Crippen molar-refractivity contribution in [3.8, 4) is 0 Å². The average Bonchev–Trinajstić information content (AvgIpc) is 3.41. The number of carbonyl (C=O) groups is 2. The molecule has 6 heteroatoms. The Bertz CT molecular complexity index is 1240. The van der Waals surface area contributed by atoms with Crippen LogP contribution in [0.3, 0.4) is 0 Å². The van der Waals surface area contributed by atoms with Gasteiger partial charge in [-0.15, -0.1) is 11.3 Å². The lowest BCUT2D eigenvalue weighted by atomic mass is 9.80. The molecule has 36 heavy (non-hydrogen) atoms. The minimum Gasteiger partial charge on any atom is -0.368 e. The van der Waals surface area contributed by atoms with Gasteiger partial charge >= 0.3 is 0 Å². The van der Waals surface area contributed by atoms with Crippen molar-refractivity contribution in [3.05, 3.63) is 87.1 Å². The fraction of sp³-hybridized carbons (Fsp3) is 0.400. The zero-order valence-corrected chi connectivity index (χ0v) is 22.4. The topological polar surface area (TPSA) is 43.9 Å². The lowest BCUT2D eigenvalue weighted by molar-refractivity contribution is -0.135. The summed E-state index contributed by atoms with van der Waals surface area (Å²) in [6, 6.07) is 18.0. The van der Waals surface area contributed by atoms with Gasteiger partial charge in [-0.1, -0.05) is 50.2 Å². The number of fused-ring (bicyclic) bond motifs is 1. The first-order chi connectivity index (χ1) is 17.4. The Kier molecular flexibility index (Phi) is 6.89. The fourth-order valence-corrected chi connectivity index (χ4v) is 6.55. The molecule has 0 radical (unpaired) electrons. The molecule has 0 spiro atoms. The van der Waals surface area contributed by atoms with Crippen LogP contribution in [0.25, 0.3) is 0 Å². The lowest BCUT2D eigenvalue weighted by Gasteiger charge is -2.45. The first kappa shape index (κ1) is 24.6. The number of hydrogen-bond acceptors (Lipinski definition) is 4. The summed E-state index contributed by atoms with van der Waals surface area (Å²) in [4.78, 5) is 35.4. The maximum absolute atomic E-state index is 14.3. The minimum atomic E-state index is -0.399. The molecule has 2 aliphatic heterocycles. The van der Waals surface area contributed by atoms with E-state index in [0.29, 0.717) is 31.1 Å². The molecule has 188 valence electrons. The molecule has 0 saturated carbocycles. The molecule has 0 bridgehead atoms. The largest absolute Gasteiger partial charge is 0.368 e. The zero-order valence-electron chi connectivity index (χ0n) is 21.6. The minimum absolute atomic E-state index is 0.0292. The summed E-state index contributed by atoms with van der Waals surface area (Å²) < 4.78 is 0. The van der Waals surface area contributed by atoms with Crippen LogP contribution >= 0.6 is 11.3 Å². The van der Waals surface area contributed by atoms with E-state index in [4.69, 9.17) is 0 Å². The Hall–Kier alpha value is -3.12. The highest BCUT2D eigenvalue weighted by Gasteiger charge is 2.46. The number of piperazine rings is 1. The Morgan fingerprint density at radius 3 is 2.42 bits per heavy atom. The first-order valence-corrected chi connectivity index (χ1v) is 13.8. The van der Waals surface area contributed by atoms with E-state index in [1.807, 2.05) is 45.5 Å². The Labute approximate surface area is 218 Å². The molecule has 0 aliphatic carbocycles. The van der Waals surface area contributed by atoms with Gasteiger partial charge in [-0.05, 0) is 60.0 Å². The average molecular weight is 502 g/mol. The Balaban J connectivity index is 1.47. The zero-order chi connectivity index (χ0) is 25.4. The number of amides is 2. The van der Waals surface area contributed by atoms with Crippen molar-refractivity contribution in [2.75, 3.05) is 37.6 Å². The van der Waals surface area contributed by atoms with Crippen molar-refractivity contribution >= 4 is 28.8 Å². The highest BCUT2D eigenvalue weighted by Crippen LogP contribution is 2.45. The van der Waals surface area contributed by atoms with Crippen LogP contribution in [-0.4, -0.2) is 54.3 Å². The lowest BCUT2D eigenvalue weighted by Crippen LogP contribution is -2.53. The van der Waals surface area contributed by atoms with Gasteiger partial charge in [-0.2, -0.15) is 0 Å². The summed E-state index contributed by atoms with van der Waals surface area (Å²) in [5.74, 6) is 0.0614. The molecule has 2 aromatic carbocycles. The molecule has 0 unspecified atom stereocenters. The van der Waals surface area contributed by atoms with Crippen molar-refractivity contribution in [2.24, 2.45) is 5.92 Å². The van der Waals surface area contributed by atoms with E-state index in [-0.39, 0.29) is 17.9 Å². The van der Waals surface area contributed by atoms with Crippen LogP contribution in [0, 0.1) is 19.8 Å². The van der Waals surface area contributed by atoms with E-state index in [0.717, 1.165) is 23.5 Å². The van der Waals surface area contributed by atoms with Crippen LogP contribution in [-0.2, 0) is 4.79 Å². The van der Waals surface area contributed by atoms with Crippen LogP contribution in [0.15, 0.2) is 60.0 Å². The van der Waals surface area contributed by atoms with Gasteiger partial charge in [0, 0.05) is 48.9 Å². The van der Waals surface area contributed by atoms with Gasteiger partial charge in [0.05, 0.1) is 12.0 Å². The molecule has 3 heterocycles. The molecule has 2 aliphatic rings.